The molecule has 82 valence electrons. The highest BCUT2D eigenvalue weighted by atomic mass is 16.4. The number of fused-ring (bicyclic) bond motifs is 2. The Bertz CT molecular complexity index is 327. The molecule has 0 aromatic heterocycles. The second-order valence-electron chi connectivity index (χ2n) is 4.96. The zero-order valence-corrected chi connectivity index (χ0v) is 9.20. The third kappa shape index (κ3) is 1.99. The molecule has 2 rings (SSSR count). The summed E-state index contributed by atoms with van der Waals surface area (Å²) in [6, 6.07) is 0. The Hall–Kier alpha value is -1.05. The smallest absolute Gasteiger partial charge is 0.330 e. The summed E-state index contributed by atoms with van der Waals surface area (Å²) in [7, 11) is 0. The molecule has 2 aliphatic carbocycles. The molecule has 0 radical (unpaired) electrons. The number of carboxylic acids is 1. The van der Waals surface area contributed by atoms with E-state index in [1.54, 1.807) is 0 Å². The van der Waals surface area contributed by atoms with Gasteiger partial charge in [0.25, 0.3) is 0 Å². The number of carboxylic acid groups (broad SMARTS) is 1. The summed E-state index contributed by atoms with van der Waals surface area (Å²) in [6.45, 7) is 5.88. The summed E-state index contributed by atoms with van der Waals surface area (Å²) in [5.41, 5.74) is 1.83. The first-order valence-corrected chi connectivity index (χ1v) is 5.69. The monoisotopic (exact) mass is 206 g/mol. The molecule has 15 heavy (non-hydrogen) atoms. The van der Waals surface area contributed by atoms with Crippen LogP contribution in [0.1, 0.15) is 32.6 Å². The Labute approximate surface area is 90.7 Å². The Morgan fingerprint density at radius 3 is 2.80 bits per heavy atom. The van der Waals surface area contributed by atoms with Gasteiger partial charge in [0.1, 0.15) is 0 Å². The fourth-order valence-electron chi connectivity index (χ4n) is 2.92. The molecule has 0 aromatic rings. The van der Waals surface area contributed by atoms with Crippen LogP contribution in [-0.2, 0) is 4.79 Å². The quantitative estimate of drug-likeness (QED) is 0.567. The summed E-state index contributed by atoms with van der Waals surface area (Å²) in [6.07, 6.45) is 6.50. The number of hydrogen-bond acceptors (Lipinski definition) is 1. The van der Waals surface area contributed by atoms with Gasteiger partial charge in [0.05, 0.1) is 0 Å². The Kier molecular flexibility index (Phi) is 2.68. The van der Waals surface area contributed by atoms with E-state index in [0.717, 1.165) is 24.2 Å². The number of carbonyl (C=O) groups is 1. The maximum absolute atomic E-state index is 10.6. The molecule has 2 nitrogen and oxygen atoms in total. The molecule has 2 bridgehead atoms. The van der Waals surface area contributed by atoms with E-state index in [0.29, 0.717) is 12.0 Å². The van der Waals surface area contributed by atoms with Gasteiger partial charge in [0.15, 0.2) is 0 Å². The van der Waals surface area contributed by atoms with Crippen LogP contribution >= 0.6 is 0 Å². The molecule has 0 spiro atoms. The SMILES string of the molecule is C=C(CCC1=CC2CC1CC2C)C(=O)O. The molecular weight excluding hydrogens is 188 g/mol. The van der Waals surface area contributed by atoms with Gasteiger partial charge in [0.2, 0.25) is 0 Å². The van der Waals surface area contributed by atoms with Crippen LogP contribution in [0, 0.1) is 17.8 Å². The largest absolute Gasteiger partial charge is 0.478 e. The molecule has 0 saturated heterocycles. The van der Waals surface area contributed by atoms with E-state index < -0.39 is 5.97 Å². The van der Waals surface area contributed by atoms with Gasteiger partial charge in [-0.25, -0.2) is 4.79 Å². The zero-order valence-electron chi connectivity index (χ0n) is 9.20. The molecular formula is C13H18O2. The van der Waals surface area contributed by atoms with Crippen LogP contribution in [0.25, 0.3) is 0 Å². The summed E-state index contributed by atoms with van der Waals surface area (Å²) < 4.78 is 0. The maximum Gasteiger partial charge on any atom is 0.330 e. The van der Waals surface area contributed by atoms with Crippen molar-refractivity contribution in [1.82, 2.24) is 0 Å². The van der Waals surface area contributed by atoms with Crippen LogP contribution in [0.4, 0.5) is 0 Å². The summed E-state index contributed by atoms with van der Waals surface area (Å²) in [4.78, 5) is 10.6. The van der Waals surface area contributed by atoms with Crippen molar-refractivity contribution in [1.29, 1.82) is 0 Å². The van der Waals surface area contributed by atoms with Gasteiger partial charge >= 0.3 is 5.97 Å². The highest BCUT2D eigenvalue weighted by Gasteiger charge is 2.37. The van der Waals surface area contributed by atoms with Gasteiger partial charge in [-0.15, -0.1) is 0 Å². The van der Waals surface area contributed by atoms with Crippen LogP contribution in [0.2, 0.25) is 0 Å². The predicted molar refractivity (Wildman–Crippen MR) is 59.5 cm³/mol. The third-order valence-electron chi connectivity index (χ3n) is 3.91. The van der Waals surface area contributed by atoms with E-state index in [1.165, 1.54) is 18.4 Å². The first kappa shape index (κ1) is 10.5. The Morgan fingerprint density at radius 1 is 1.60 bits per heavy atom. The van der Waals surface area contributed by atoms with Crippen LogP contribution in [0.15, 0.2) is 23.8 Å². The van der Waals surface area contributed by atoms with Crippen molar-refractivity contribution in [3.63, 3.8) is 0 Å². The molecule has 0 heterocycles. The predicted octanol–water partition coefficient (Wildman–Crippen LogP) is 3.01. The molecule has 1 saturated carbocycles. The van der Waals surface area contributed by atoms with Crippen molar-refractivity contribution in [2.45, 2.75) is 32.6 Å². The molecule has 2 heteroatoms. The van der Waals surface area contributed by atoms with Crippen molar-refractivity contribution in [3.8, 4) is 0 Å². The number of rotatable bonds is 4. The lowest BCUT2D eigenvalue weighted by molar-refractivity contribution is -0.132. The molecule has 1 N–H and O–H groups in total. The second-order valence-corrected chi connectivity index (χ2v) is 4.96. The number of hydrogen-bond donors (Lipinski definition) is 1. The van der Waals surface area contributed by atoms with Crippen LogP contribution in [0.5, 0.6) is 0 Å². The van der Waals surface area contributed by atoms with Gasteiger partial charge in [-0.1, -0.05) is 25.2 Å². The number of allylic oxidation sites excluding steroid dienone is 2. The number of aliphatic carboxylic acids is 1. The van der Waals surface area contributed by atoms with E-state index in [2.05, 4.69) is 19.6 Å². The lowest BCUT2D eigenvalue weighted by Crippen LogP contribution is -2.06. The van der Waals surface area contributed by atoms with Gasteiger partial charge in [-0.2, -0.15) is 0 Å². The average molecular weight is 206 g/mol. The molecule has 3 unspecified atom stereocenters. The average Bonchev–Trinajstić information content (AvgIpc) is 2.72. The highest BCUT2D eigenvalue weighted by Crippen LogP contribution is 2.48. The fraction of sp³-hybridized carbons (Fsp3) is 0.615. The van der Waals surface area contributed by atoms with Gasteiger partial charge in [-0.3, -0.25) is 0 Å². The molecule has 0 aliphatic heterocycles. The van der Waals surface area contributed by atoms with E-state index in [1.807, 2.05) is 0 Å². The lowest BCUT2D eigenvalue weighted by Gasteiger charge is -2.17. The topological polar surface area (TPSA) is 37.3 Å². The van der Waals surface area contributed by atoms with Crippen LogP contribution in [-0.4, -0.2) is 11.1 Å². The van der Waals surface area contributed by atoms with Crippen molar-refractivity contribution < 1.29 is 9.90 Å². The van der Waals surface area contributed by atoms with E-state index >= 15 is 0 Å². The molecule has 2 aliphatic rings. The minimum atomic E-state index is -0.855. The van der Waals surface area contributed by atoms with Crippen molar-refractivity contribution in [3.05, 3.63) is 23.8 Å². The first-order chi connectivity index (χ1) is 7.08. The normalized spacial score (nSPS) is 32.9. The standard InChI is InChI=1S/C13H18O2/c1-8(13(14)15)3-4-10-6-11-7-12(10)5-9(11)2/h6,9,11-12H,1,3-5,7H2,2H3,(H,14,15). The third-order valence-corrected chi connectivity index (χ3v) is 3.91. The van der Waals surface area contributed by atoms with Gasteiger partial charge in [0, 0.05) is 5.57 Å². The molecule has 1 fully saturated rings. The van der Waals surface area contributed by atoms with Crippen molar-refractivity contribution >= 4 is 5.97 Å². The van der Waals surface area contributed by atoms with E-state index in [9.17, 15) is 4.79 Å². The maximum atomic E-state index is 10.6. The second kappa shape index (κ2) is 3.84. The van der Waals surface area contributed by atoms with Crippen LogP contribution in [0.3, 0.4) is 0 Å². The highest BCUT2D eigenvalue weighted by molar-refractivity contribution is 5.85. The van der Waals surface area contributed by atoms with Crippen molar-refractivity contribution in [2.24, 2.45) is 17.8 Å². The molecule has 0 aromatic carbocycles. The first-order valence-electron chi connectivity index (χ1n) is 5.69. The lowest BCUT2D eigenvalue weighted by atomic mass is 9.88. The molecule has 3 atom stereocenters. The van der Waals surface area contributed by atoms with Crippen molar-refractivity contribution in [2.75, 3.05) is 0 Å². The summed E-state index contributed by atoms with van der Waals surface area (Å²) >= 11 is 0. The van der Waals surface area contributed by atoms with Gasteiger partial charge in [-0.05, 0) is 43.4 Å². The Morgan fingerprint density at radius 2 is 2.33 bits per heavy atom. The summed E-state index contributed by atoms with van der Waals surface area (Å²) in [5.74, 6) is 1.49. The fourth-order valence-corrected chi connectivity index (χ4v) is 2.92. The minimum Gasteiger partial charge on any atom is -0.478 e. The summed E-state index contributed by atoms with van der Waals surface area (Å²) in [5, 5.41) is 8.71. The minimum absolute atomic E-state index is 0.340. The van der Waals surface area contributed by atoms with E-state index in [4.69, 9.17) is 5.11 Å². The van der Waals surface area contributed by atoms with E-state index in [-0.39, 0.29) is 0 Å². The molecule has 0 amide bonds. The van der Waals surface area contributed by atoms with Gasteiger partial charge < -0.3 is 5.11 Å². The Balaban J connectivity index is 1.88. The zero-order chi connectivity index (χ0) is 11.0. The van der Waals surface area contributed by atoms with Crippen LogP contribution < -0.4 is 0 Å².